The van der Waals surface area contributed by atoms with Crippen molar-refractivity contribution in [3.05, 3.63) is 65.2 Å². The van der Waals surface area contributed by atoms with Crippen LogP contribution in [-0.2, 0) is 16.0 Å². The summed E-state index contributed by atoms with van der Waals surface area (Å²) in [4.78, 5) is 24.4. The number of hydrogen-bond donors (Lipinski definition) is 1. The number of anilines is 1. The highest BCUT2D eigenvalue weighted by atomic mass is 16.4. The van der Waals surface area contributed by atoms with Crippen molar-refractivity contribution in [2.75, 3.05) is 4.90 Å². The van der Waals surface area contributed by atoms with Gasteiger partial charge in [-0.25, -0.2) is 4.79 Å². The molecule has 2 rings (SSSR count). The second kappa shape index (κ2) is 6.89. The van der Waals surface area contributed by atoms with Crippen LogP contribution >= 0.6 is 0 Å². The Morgan fingerprint density at radius 1 is 1.14 bits per heavy atom. The molecule has 0 bridgehead atoms. The largest absolute Gasteiger partial charge is 0.480 e. The highest BCUT2D eigenvalue weighted by molar-refractivity contribution is 5.88. The van der Waals surface area contributed by atoms with Crippen LogP contribution in [0.15, 0.2) is 48.5 Å². The fraction of sp³-hybridized carbons (Fsp3) is 0.222. The molecule has 0 saturated carbocycles. The molecule has 0 spiro atoms. The van der Waals surface area contributed by atoms with E-state index in [9.17, 15) is 14.7 Å². The molecule has 1 amide bonds. The topological polar surface area (TPSA) is 57.6 Å². The van der Waals surface area contributed by atoms with Crippen molar-refractivity contribution in [3.63, 3.8) is 0 Å². The fourth-order valence-electron chi connectivity index (χ4n) is 2.34. The number of aliphatic carboxylic acids is 1. The smallest absolute Gasteiger partial charge is 0.327 e. The van der Waals surface area contributed by atoms with E-state index < -0.39 is 12.0 Å². The van der Waals surface area contributed by atoms with Crippen molar-refractivity contribution < 1.29 is 14.7 Å². The maximum absolute atomic E-state index is 11.6. The molecule has 0 aliphatic rings. The molecule has 2 aromatic carbocycles. The number of amides is 1. The number of aryl methyl sites for hydroxylation is 2. The summed E-state index contributed by atoms with van der Waals surface area (Å²) < 4.78 is 0. The Morgan fingerprint density at radius 2 is 1.82 bits per heavy atom. The average Bonchev–Trinajstić information content (AvgIpc) is 2.51. The van der Waals surface area contributed by atoms with Gasteiger partial charge in [-0.15, -0.1) is 0 Å². The van der Waals surface area contributed by atoms with E-state index in [-0.39, 0.29) is 6.42 Å². The first kappa shape index (κ1) is 15.8. The molecule has 0 fully saturated rings. The Labute approximate surface area is 130 Å². The number of carboxylic acids is 1. The summed E-state index contributed by atoms with van der Waals surface area (Å²) >= 11 is 0. The Hall–Kier alpha value is -2.62. The highest BCUT2D eigenvalue weighted by Crippen LogP contribution is 2.21. The molecular weight excluding hydrogens is 278 g/mol. The molecule has 0 saturated heterocycles. The van der Waals surface area contributed by atoms with Gasteiger partial charge in [0.25, 0.3) is 0 Å². The summed E-state index contributed by atoms with van der Waals surface area (Å²) in [7, 11) is 0. The van der Waals surface area contributed by atoms with E-state index in [2.05, 4.69) is 0 Å². The molecule has 22 heavy (non-hydrogen) atoms. The number of carboxylic acid groups (broad SMARTS) is 1. The van der Waals surface area contributed by atoms with E-state index in [4.69, 9.17) is 0 Å². The van der Waals surface area contributed by atoms with E-state index in [0.717, 1.165) is 16.7 Å². The van der Waals surface area contributed by atoms with Gasteiger partial charge in [0, 0.05) is 12.1 Å². The van der Waals surface area contributed by atoms with E-state index >= 15 is 0 Å². The van der Waals surface area contributed by atoms with Gasteiger partial charge < -0.3 is 10.0 Å². The molecule has 1 unspecified atom stereocenters. The molecule has 0 radical (unpaired) electrons. The van der Waals surface area contributed by atoms with Crippen LogP contribution in [-0.4, -0.2) is 23.5 Å². The Bertz CT molecular complexity index is 667. The molecule has 4 nitrogen and oxygen atoms in total. The number of benzene rings is 2. The Kier molecular flexibility index (Phi) is 4.94. The van der Waals surface area contributed by atoms with Crippen LogP contribution in [0, 0.1) is 13.8 Å². The SMILES string of the molecule is Cc1ccc(N(C=O)C(Cc2ccccc2)C(=O)O)cc1C. The second-order valence-electron chi connectivity index (χ2n) is 5.32. The number of carbonyl (C=O) groups excluding carboxylic acids is 1. The van der Waals surface area contributed by atoms with E-state index in [1.54, 1.807) is 6.07 Å². The van der Waals surface area contributed by atoms with E-state index in [0.29, 0.717) is 12.1 Å². The standard InChI is InChI=1S/C18H19NO3/c1-13-8-9-16(10-14(13)2)19(12-20)17(18(21)22)11-15-6-4-3-5-7-15/h3-10,12,17H,11H2,1-2H3,(H,21,22). The van der Waals surface area contributed by atoms with Gasteiger partial charge >= 0.3 is 5.97 Å². The molecular formula is C18H19NO3. The fourth-order valence-corrected chi connectivity index (χ4v) is 2.34. The summed E-state index contributed by atoms with van der Waals surface area (Å²) in [5.41, 5.74) is 3.60. The molecule has 1 N–H and O–H groups in total. The molecule has 114 valence electrons. The molecule has 0 aliphatic carbocycles. The summed E-state index contributed by atoms with van der Waals surface area (Å²) in [5, 5.41) is 9.52. The molecule has 1 atom stereocenters. The lowest BCUT2D eigenvalue weighted by atomic mass is 10.0. The third-order valence-electron chi connectivity index (χ3n) is 3.79. The minimum Gasteiger partial charge on any atom is -0.480 e. The van der Waals surface area contributed by atoms with E-state index in [1.807, 2.05) is 56.3 Å². The molecule has 0 heterocycles. The van der Waals surface area contributed by atoms with Crippen LogP contribution in [0.5, 0.6) is 0 Å². The zero-order valence-corrected chi connectivity index (χ0v) is 12.7. The molecule has 4 heteroatoms. The van der Waals surface area contributed by atoms with Crippen molar-refractivity contribution in [2.24, 2.45) is 0 Å². The van der Waals surface area contributed by atoms with Crippen LogP contribution < -0.4 is 4.90 Å². The minimum absolute atomic E-state index is 0.266. The summed E-state index contributed by atoms with van der Waals surface area (Å²) in [6, 6.07) is 13.9. The maximum atomic E-state index is 11.6. The minimum atomic E-state index is -1.02. The van der Waals surface area contributed by atoms with Crippen molar-refractivity contribution in [1.82, 2.24) is 0 Å². The van der Waals surface area contributed by atoms with Crippen LogP contribution in [0.1, 0.15) is 16.7 Å². The molecule has 0 aliphatic heterocycles. The third-order valence-corrected chi connectivity index (χ3v) is 3.79. The maximum Gasteiger partial charge on any atom is 0.327 e. The predicted octanol–water partition coefficient (Wildman–Crippen LogP) is 2.96. The summed E-state index contributed by atoms with van der Waals surface area (Å²) in [6.07, 6.45) is 0.855. The van der Waals surface area contributed by atoms with Gasteiger partial charge in [0.2, 0.25) is 6.41 Å². The van der Waals surface area contributed by atoms with Gasteiger partial charge in [0.15, 0.2) is 0 Å². The lowest BCUT2D eigenvalue weighted by Crippen LogP contribution is -2.42. The van der Waals surface area contributed by atoms with Crippen LogP contribution in [0.3, 0.4) is 0 Å². The number of nitrogens with zero attached hydrogens (tertiary/aromatic N) is 1. The van der Waals surface area contributed by atoms with Crippen molar-refractivity contribution in [3.8, 4) is 0 Å². The number of hydrogen-bond acceptors (Lipinski definition) is 2. The average molecular weight is 297 g/mol. The first-order valence-electron chi connectivity index (χ1n) is 7.10. The van der Waals surface area contributed by atoms with Crippen molar-refractivity contribution >= 4 is 18.1 Å². The van der Waals surface area contributed by atoms with Gasteiger partial charge in [-0.2, -0.15) is 0 Å². The lowest BCUT2D eigenvalue weighted by molar-refractivity contribution is -0.139. The zero-order valence-electron chi connectivity index (χ0n) is 12.7. The molecule has 0 aromatic heterocycles. The van der Waals surface area contributed by atoms with Crippen LogP contribution in [0.25, 0.3) is 0 Å². The van der Waals surface area contributed by atoms with Gasteiger partial charge in [0.1, 0.15) is 6.04 Å². The van der Waals surface area contributed by atoms with Crippen LogP contribution in [0.4, 0.5) is 5.69 Å². The lowest BCUT2D eigenvalue weighted by Gasteiger charge is -2.25. The predicted molar refractivity (Wildman–Crippen MR) is 86.0 cm³/mol. The summed E-state index contributed by atoms with van der Waals surface area (Å²) in [6.45, 7) is 3.91. The van der Waals surface area contributed by atoms with Crippen molar-refractivity contribution in [2.45, 2.75) is 26.3 Å². The summed E-state index contributed by atoms with van der Waals surface area (Å²) in [5.74, 6) is -1.02. The zero-order chi connectivity index (χ0) is 16.1. The second-order valence-corrected chi connectivity index (χ2v) is 5.32. The van der Waals surface area contributed by atoms with Gasteiger partial charge in [0.05, 0.1) is 0 Å². The highest BCUT2D eigenvalue weighted by Gasteiger charge is 2.26. The monoisotopic (exact) mass is 297 g/mol. The Morgan fingerprint density at radius 3 is 2.36 bits per heavy atom. The van der Waals surface area contributed by atoms with E-state index in [1.165, 1.54) is 4.90 Å². The van der Waals surface area contributed by atoms with Crippen LogP contribution in [0.2, 0.25) is 0 Å². The first-order valence-corrected chi connectivity index (χ1v) is 7.10. The molecule has 2 aromatic rings. The quantitative estimate of drug-likeness (QED) is 0.834. The number of rotatable bonds is 6. The number of carbonyl (C=O) groups is 2. The Balaban J connectivity index is 2.33. The third kappa shape index (κ3) is 3.52. The van der Waals surface area contributed by atoms with Gasteiger partial charge in [-0.1, -0.05) is 36.4 Å². The van der Waals surface area contributed by atoms with Crippen molar-refractivity contribution in [1.29, 1.82) is 0 Å². The van der Waals surface area contributed by atoms with Gasteiger partial charge in [-0.05, 0) is 42.7 Å². The normalized spacial score (nSPS) is 11.7. The first-order chi connectivity index (χ1) is 10.5. The van der Waals surface area contributed by atoms with Gasteiger partial charge in [-0.3, -0.25) is 4.79 Å².